The summed E-state index contributed by atoms with van der Waals surface area (Å²) in [6.45, 7) is 1.60. The molecule has 1 aliphatic heterocycles. The predicted molar refractivity (Wildman–Crippen MR) is 120 cm³/mol. The van der Waals surface area contributed by atoms with Crippen molar-refractivity contribution >= 4 is 28.5 Å². The zero-order chi connectivity index (χ0) is 22.8. The smallest absolute Gasteiger partial charge is 0.289 e. The second-order valence-corrected chi connectivity index (χ2v) is 8.27. The number of fused-ring (bicyclic) bond motifs is 1. The summed E-state index contributed by atoms with van der Waals surface area (Å²) >= 11 is 6.12. The van der Waals surface area contributed by atoms with Gasteiger partial charge < -0.3 is 20.0 Å². The van der Waals surface area contributed by atoms with E-state index in [1.54, 1.807) is 24.5 Å². The van der Waals surface area contributed by atoms with Crippen LogP contribution >= 0.6 is 11.6 Å². The van der Waals surface area contributed by atoms with Crippen LogP contribution in [0.1, 0.15) is 29.0 Å². The fourth-order valence-electron chi connectivity index (χ4n) is 3.79. The van der Waals surface area contributed by atoms with Gasteiger partial charge in [-0.3, -0.25) is 9.78 Å². The molecule has 1 fully saturated rings. The van der Waals surface area contributed by atoms with E-state index in [1.165, 1.54) is 22.9 Å². The van der Waals surface area contributed by atoms with Crippen LogP contribution in [-0.4, -0.2) is 39.9 Å². The van der Waals surface area contributed by atoms with Crippen LogP contribution in [0, 0.1) is 5.82 Å². The van der Waals surface area contributed by atoms with E-state index in [0.29, 0.717) is 39.4 Å². The maximum Gasteiger partial charge on any atom is 0.289 e. The minimum Gasteiger partial charge on any atom is -0.409 e. The zero-order valence-corrected chi connectivity index (χ0v) is 18.3. The number of carbonyl (C=O) groups is 1. The normalized spacial score (nSPS) is 15.8. The van der Waals surface area contributed by atoms with Crippen molar-refractivity contribution in [3.05, 3.63) is 71.0 Å². The van der Waals surface area contributed by atoms with E-state index >= 15 is 0 Å². The molecular formula is C23H21ClFN5O3. The number of hydrogen-bond donors (Lipinski definition) is 2. The highest BCUT2D eigenvalue weighted by Crippen LogP contribution is 2.24. The number of pyridine rings is 1. The SMILES string of the molecule is O=C(NCC1CCCN1)c1cc(-c2cnc3ccn(OCc4cc(F)ccc4Cl)c3c2)no1. The third-order valence-corrected chi connectivity index (χ3v) is 5.94. The Hall–Kier alpha value is -3.43. The summed E-state index contributed by atoms with van der Waals surface area (Å²) in [6.07, 6.45) is 5.52. The highest BCUT2D eigenvalue weighted by molar-refractivity contribution is 6.31. The van der Waals surface area contributed by atoms with Gasteiger partial charge >= 0.3 is 0 Å². The number of hydrogen-bond acceptors (Lipinski definition) is 6. The van der Waals surface area contributed by atoms with Crippen LogP contribution in [0.3, 0.4) is 0 Å². The largest absolute Gasteiger partial charge is 0.409 e. The molecule has 0 spiro atoms. The highest BCUT2D eigenvalue weighted by atomic mass is 35.5. The zero-order valence-electron chi connectivity index (χ0n) is 17.6. The lowest BCUT2D eigenvalue weighted by molar-refractivity contribution is 0.0913. The summed E-state index contributed by atoms with van der Waals surface area (Å²) in [6, 6.07) is 9.63. The standard InChI is InChI=1S/C23H21ClFN5O3/c24-18-4-3-16(25)8-15(18)13-32-30-7-5-19-21(30)9-14(11-27-19)20-10-22(33-29-20)23(31)28-12-17-2-1-6-26-17/h3-5,7-11,17,26H,1-2,6,12-13H2,(H,28,31). The number of rotatable bonds is 7. The van der Waals surface area contributed by atoms with Gasteiger partial charge in [-0.15, -0.1) is 0 Å². The van der Waals surface area contributed by atoms with Gasteiger partial charge in [-0.2, -0.15) is 4.73 Å². The third kappa shape index (κ3) is 4.69. The Bertz CT molecular complexity index is 1300. The average molecular weight is 470 g/mol. The number of aromatic nitrogens is 3. The molecule has 8 nitrogen and oxygen atoms in total. The molecular weight excluding hydrogens is 449 g/mol. The van der Waals surface area contributed by atoms with Crippen LogP contribution in [0.4, 0.5) is 4.39 Å². The molecule has 0 bridgehead atoms. The Morgan fingerprint density at radius 1 is 1.33 bits per heavy atom. The fraction of sp³-hybridized carbons (Fsp3) is 0.261. The van der Waals surface area contributed by atoms with E-state index in [4.69, 9.17) is 21.0 Å². The van der Waals surface area contributed by atoms with E-state index < -0.39 is 0 Å². The number of amides is 1. The fourth-order valence-corrected chi connectivity index (χ4v) is 3.96. The summed E-state index contributed by atoms with van der Waals surface area (Å²) in [5.74, 6) is -0.560. The van der Waals surface area contributed by atoms with Gasteiger partial charge in [0.15, 0.2) is 0 Å². The van der Waals surface area contributed by atoms with E-state index in [-0.39, 0.29) is 30.1 Å². The predicted octanol–water partition coefficient (Wildman–Crippen LogP) is 3.59. The van der Waals surface area contributed by atoms with Crippen molar-refractivity contribution in [1.82, 2.24) is 25.5 Å². The first-order valence-corrected chi connectivity index (χ1v) is 11.0. The van der Waals surface area contributed by atoms with Crippen molar-refractivity contribution in [2.75, 3.05) is 13.1 Å². The molecule has 1 atom stereocenters. The first-order chi connectivity index (χ1) is 16.1. The average Bonchev–Trinajstić information content (AvgIpc) is 3.58. The number of halogens is 2. The summed E-state index contributed by atoms with van der Waals surface area (Å²) in [7, 11) is 0. The first kappa shape index (κ1) is 21.4. The molecule has 0 saturated carbocycles. The summed E-state index contributed by atoms with van der Waals surface area (Å²) in [5.41, 5.74) is 3.06. The molecule has 0 radical (unpaired) electrons. The minimum atomic E-state index is -0.385. The van der Waals surface area contributed by atoms with E-state index in [0.717, 1.165) is 19.4 Å². The molecule has 4 heterocycles. The molecule has 10 heteroatoms. The van der Waals surface area contributed by atoms with Crippen LogP contribution in [-0.2, 0) is 6.61 Å². The molecule has 3 aromatic heterocycles. The van der Waals surface area contributed by atoms with E-state index in [9.17, 15) is 9.18 Å². The molecule has 2 N–H and O–H groups in total. The monoisotopic (exact) mass is 469 g/mol. The van der Waals surface area contributed by atoms with Gasteiger partial charge in [0.2, 0.25) is 5.76 Å². The van der Waals surface area contributed by atoms with Gasteiger partial charge in [-0.1, -0.05) is 16.8 Å². The number of nitrogens with zero attached hydrogens (tertiary/aromatic N) is 3. The molecule has 1 saturated heterocycles. The lowest BCUT2D eigenvalue weighted by Gasteiger charge is -2.10. The van der Waals surface area contributed by atoms with Crippen molar-refractivity contribution in [2.45, 2.75) is 25.5 Å². The minimum absolute atomic E-state index is 0.0781. The molecule has 5 rings (SSSR count). The Morgan fingerprint density at radius 3 is 3.09 bits per heavy atom. The molecule has 4 aromatic rings. The molecule has 170 valence electrons. The Kier molecular flexibility index (Phi) is 5.97. The first-order valence-electron chi connectivity index (χ1n) is 10.6. The van der Waals surface area contributed by atoms with Crippen molar-refractivity contribution in [3.8, 4) is 11.3 Å². The summed E-state index contributed by atoms with van der Waals surface area (Å²) in [5, 5.41) is 10.6. The second kappa shape index (κ2) is 9.21. The van der Waals surface area contributed by atoms with Gasteiger partial charge in [-0.25, -0.2) is 4.39 Å². The number of carbonyl (C=O) groups excluding carboxylic acids is 1. The summed E-state index contributed by atoms with van der Waals surface area (Å²) in [4.78, 5) is 22.6. The maximum absolute atomic E-state index is 13.5. The van der Waals surface area contributed by atoms with Crippen LogP contribution < -0.4 is 15.5 Å². The van der Waals surface area contributed by atoms with Gasteiger partial charge in [0.05, 0.1) is 5.52 Å². The van der Waals surface area contributed by atoms with Gasteiger partial charge in [0, 0.05) is 47.2 Å². The van der Waals surface area contributed by atoms with Gasteiger partial charge in [-0.05, 0) is 49.7 Å². The van der Waals surface area contributed by atoms with Crippen molar-refractivity contribution in [2.24, 2.45) is 0 Å². The lowest BCUT2D eigenvalue weighted by atomic mass is 10.2. The van der Waals surface area contributed by atoms with E-state index in [1.807, 2.05) is 6.07 Å². The molecule has 0 aliphatic carbocycles. The molecule has 33 heavy (non-hydrogen) atoms. The molecule has 1 aromatic carbocycles. The second-order valence-electron chi connectivity index (χ2n) is 7.86. The lowest BCUT2D eigenvalue weighted by Crippen LogP contribution is -2.37. The van der Waals surface area contributed by atoms with Crippen molar-refractivity contribution < 1.29 is 18.5 Å². The van der Waals surface area contributed by atoms with E-state index in [2.05, 4.69) is 20.8 Å². The number of benzene rings is 1. The third-order valence-electron chi connectivity index (χ3n) is 5.57. The Morgan fingerprint density at radius 2 is 2.24 bits per heavy atom. The molecule has 1 amide bonds. The maximum atomic E-state index is 13.5. The topological polar surface area (TPSA) is 94.2 Å². The molecule has 1 aliphatic rings. The van der Waals surface area contributed by atoms with Crippen LogP contribution in [0.15, 0.2) is 53.3 Å². The van der Waals surface area contributed by atoms with Crippen molar-refractivity contribution in [1.29, 1.82) is 0 Å². The number of nitrogens with one attached hydrogen (secondary N) is 2. The van der Waals surface area contributed by atoms with Crippen LogP contribution in [0.2, 0.25) is 5.02 Å². The van der Waals surface area contributed by atoms with Crippen molar-refractivity contribution in [3.63, 3.8) is 0 Å². The quantitative estimate of drug-likeness (QED) is 0.429. The van der Waals surface area contributed by atoms with Gasteiger partial charge in [0.25, 0.3) is 5.91 Å². The summed E-state index contributed by atoms with van der Waals surface area (Å²) < 4.78 is 20.3. The highest BCUT2D eigenvalue weighted by Gasteiger charge is 2.19. The van der Waals surface area contributed by atoms with Gasteiger partial charge in [0.1, 0.15) is 23.6 Å². The van der Waals surface area contributed by atoms with Crippen LogP contribution in [0.25, 0.3) is 22.3 Å². The van der Waals surface area contributed by atoms with Crippen LogP contribution in [0.5, 0.6) is 0 Å². The molecule has 1 unspecified atom stereocenters. The Balaban J connectivity index is 1.31. The Labute approximate surface area is 193 Å².